The van der Waals surface area contributed by atoms with Crippen LogP contribution in [0.25, 0.3) is 0 Å². The zero-order valence-corrected chi connectivity index (χ0v) is 12.6. The van der Waals surface area contributed by atoms with Crippen molar-refractivity contribution in [3.63, 3.8) is 0 Å². The number of nitrogens with zero attached hydrogens (tertiary/aromatic N) is 1. The predicted molar refractivity (Wildman–Crippen MR) is 83.3 cm³/mol. The average molecular weight is 323 g/mol. The van der Waals surface area contributed by atoms with Crippen molar-refractivity contribution in [1.82, 2.24) is 5.32 Å². The first kappa shape index (κ1) is 13.9. The Kier molecular flexibility index (Phi) is 4.07. The fourth-order valence-electron chi connectivity index (χ4n) is 1.94. The molecule has 1 unspecified atom stereocenters. The largest absolute Gasteiger partial charge is 0.442 e. The quantitative estimate of drug-likeness (QED) is 0.909. The Bertz CT molecular complexity index is 613. The molecule has 21 heavy (non-hydrogen) atoms. The molecule has 3 amide bonds. The first-order valence-electron chi connectivity index (χ1n) is 6.32. The third-order valence-electron chi connectivity index (χ3n) is 2.89. The van der Waals surface area contributed by atoms with Crippen molar-refractivity contribution in [3.05, 3.63) is 35.0 Å². The van der Waals surface area contributed by atoms with Gasteiger partial charge in [-0.2, -0.15) is 0 Å². The molecule has 1 aliphatic heterocycles. The summed E-state index contributed by atoms with van der Waals surface area (Å²) in [6.07, 6.45) is -0.711. The second-order valence-corrected chi connectivity index (χ2v) is 6.25. The Balaban J connectivity index is 1.48. The van der Waals surface area contributed by atoms with Crippen molar-refractivity contribution in [2.75, 3.05) is 23.3 Å². The van der Waals surface area contributed by atoms with Gasteiger partial charge in [0.05, 0.1) is 18.1 Å². The zero-order chi connectivity index (χ0) is 14.7. The highest BCUT2D eigenvalue weighted by molar-refractivity contribution is 7.14. The van der Waals surface area contributed by atoms with E-state index in [2.05, 4.69) is 10.6 Å². The van der Waals surface area contributed by atoms with Crippen molar-refractivity contribution < 1.29 is 14.3 Å². The molecule has 1 atom stereocenters. The molecular formula is C13H13N3O3S2. The molecule has 0 bridgehead atoms. The predicted octanol–water partition coefficient (Wildman–Crippen LogP) is 2.96. The first-order chi connectivity index (χ1) is 10.2. The maximum atomic E-state index is 11.8. The van der Waals surface area contributed by atoms with Crippen LogP contribution in [-0.2, 0) is 4.74 Å². The number of rotatable bonds is 4. The molecule has 8 heteroatoms. The van der Waals surface area contributed by atoms with Crippen molar-refractivity contribution in [2.24, 2.45) is 0 Å². The fourth-order valence-corrected chi connectivity index (χ4v) is 3.29. The van der Waals surface area contributed by atoms with E-state index in [1.807, 2.05) is 35.0 Å². The summed E-state index contributed by atoms with van der Waals surface area (Å²) in [6, 6.07) is 7.12. The van der Waals surface area contributed by atoms with Gasteiger partial charge in [-0.1, -0.05) is 0 Å². The van der Waals surface area contributed by atoms with Gasteiger partial charge in [-0.05, 0) is 35.0 Å². The number of ether oxygens (including phenoxy) is 1. The summed E-state index contributed by atoms with van der Waals surface area (Å²) in [5.41, 5.74) is 0. The minimum absolute atomic E-state index is 0.283. The number of thiophene rings is 2. The van der Waals surface area contributed by atoms with Crippen molar-refractivity contribution in [3.8, 4) is 0 Å². The zero-order valence-electron chi connectivity index (χ0n) is 10.9. The Labute approximate surface area is 129 Å². The number of nitrogens with one attached hydrogen (secondary N) is 2. The van der Waals surface area contributed by atoms with Gasteiger partial charge in [-0.25, -0.2) is 9.59 Å². The Hall–Kier alpha value is -2.06. The molecule has 2 aromatic heterocycles. The average Bonchev–Trinajstić information content (AvgIpc) is 3.17. The molecule has 0 saturated carbocycles. The number of carbonyl (C=O) groups excluding carboxylic acids is 2. The highest BCUT2D eigenvalue weighted by Crippen LogP contribution is 2.26. The lowest BCUT2D eigenvalue weighted by Gasteiger charge is -2.11. The van der Waals surface area contributed by atoms with Crippen molar-refractivity contribution >= 4 is 44.8 Å². The summed E-state index contributed by atoms with van der Waals surface area (Å²) < 4.78 is 5.24. The van der Waals surface area contributed by atoms with Crippen LogP contribution >= 0.6 is 22.7 Å². The molecule has 0 spiro atoms. The molecule has 0 radical (unpaired) electrons. The number of hydrogen-bond donors (Lipinski definition) is 2. The van der Waals surface area contributed by atoms with Crippen LogP contribution in [0.5, 0.6) is 0 Å². The number of hydrogen-bond acceptors (Lipinski definition) is 5. The van der Waals surface area contributed by atoms with Crippen LogP contribution in [0.15, 0.2) is 35.0 Å². The fraction of sp³-hybridized carbons (Fsp3) is 0.231. The Morgan fingerprint density at radius 2 is 2.14 bits per heavy atom. The normalized spacial score (nSPS) is 17.6. The van der Waals surface area contributed by atoms with Gasteiger partial charge in [0.15, 0.2) is 0 Å². The van der Waals surface area contributed by atoms with E-state index < -0.39 is 0 Å². The van der Waals surface area contributed by atoms with Crippen LogP contribution in [0.1, 0.15) is 0 Å². The molecule has 1 aliphatic rings. The first-order valence-corrected chi connectivity index (χ1v) is 8.08. The third kappa shape index (κ3) is 3.34. The minimum atomic E-state index is -0.372. The highest BCUT2D eigenvalue weighted by Gasteiger charge is 2.32. The molecule has 1 saturated heterocycles. The molecule has 2 N–H and O–H groups in total. The van der Waals surface area contributed by atoms with Gasteiger partial charge < -0.3 is 10.1 Å². The van der Waals surface area contributed by atoms with Gasteiger partial charge >= 0.3 is 12.1 Å². The molecule has 0 aromatic carbocycles. The van der Waals surface area contributed by atoms with Crippen LogP contribution in [-0.4, -0.2) is 31.3 Å². The van der Waals surface area contributed by atoms with Gasteiger partial charge in [0, 0.05) is 0 Å². The maximum Gasteiger partial charge on any atom is 0.415 e. The topological polar surface area (TPSA) is 70.7 Å². The molecule has 3 heterocycles. The van der Waals surface area contributed by atoms with Crippen LogP contribution in [0.2, 0.25) is 0 Å². The number of anilines is 2. The summed E-state index contributed by atoms with van der Waals surface area (Å²) in [6.45, 7) is 0.726. The molecular weight excluding hydrogens is 310 g/mol. The van der Waals surface area contributed by atoms with Gasteiger partial charge in [-0.3, -0.25) is 10.2 Å². The van der Waals surface area contributed by atoms with Crippen LogP contribution < -0.4 is 15.5 Å². The second-order valence-electron chi connectivity index (χ2n) is 4.38. The van der Waals surface area contributed by atoms with E-state index >= 15 is 0 Å². The Morgan fingerprint density at radius 1 is 1.33 bits per heavy atom. The minimum Gasteiger partial charge on any atom is -0.442 e. The second kappa shape index (κ2) is 6.15. The van der Waals surface area contributed by atoms with Gasteiger partial charge in [0.2, 0.25) is 0 Å². The van der Waals surface area contributed by atoms with Gasteiger partial charge in [-0.15, -0.1) is 22.7 Å². The van der Waals surface area contributed by atoms with E-state index in [1.54, 1.807) is 4.90 Å². The summed E-state index contributed by atoms with van der Waals surface area (Å²) in [5, 5.41) is 10.8. The lowest BCUT2D eigenvalue weighted by molar-refractivity contribution is 0.141. The van der Waals surface area contributed by atoms with Crippen molar-refractivity contribution in [2.45, 2.75) is 6.10 Å². The summed E-state index contributed by atoms with van der Waals surface area (Å²) in [5.74, 6) is 0. The molecule has 1 fully saturated rings. The van der Waals surface area contributed by atoms with E-state index in [0.29, 0.717) is 6.54 Å². The molecule has 0 aliphatic carbocycles. The van der Waals surface area contributed by atoms with Gasteiger partial charge in [0.25, 0.3) is 0 Å². The summed E-state index contributed by atoms with van der Waals surface area (Å²) >= 11 is 2.92. The summed E-state index contributed by atoms with van der Waals surface area (Å²) in [4.78, 5) is 25.0. The maximum absolute atomic E-state index is 11.8. The monoisotopic (exact) mass is 323 g/mol. The van der Waals surface area contributed by atoms with Crippen LogP contribution in [0, 0.1) is 0 Å². The number of cyclic esters (lactones) is 1. The van der Waals surface area contributed by atoms with Crippen LogP contribution in [0.3, 0.4) is 0 Å². The smallest absolute Gasteiger partial charge is 0.415 e. The lowest BCUT2D eigenvalue weighted by atomic mass is 10.3. The van der Waals surface area contributed by atoms with E-state index in [1.165, 1.54) is 22.7 Å². The van der Waals surface area contributed by atoms with Crippen LogP contribution in [0.4, 0.5) is 19.6 Å². The molecule has 2 aromatic rings. The number of amides is 3. The Morgan fingerprint density at radius 3 is 2.86 bits per heavy atom. The van der Waals surface area contributed by atoms with Gasteiger partial charge in [0.1, 0.15) is 11.1 Å². The highest BCUT2D eigenvalue weighted by atomic mass is 32.1. The number of carbonyl (C=O) groups is 2. The van der Waals surface area contributed by atoms with E-state index in [4.69, 9.17) is 4.74 Å². The SMILES string of the molecule is O=C(NCC1CN(c2cccs2)C(=O)O1)Nc1cccs1. The molecule has 110 valence electrons. The third-order valence-corrected chi connectivity index (χ3v) is 4.57. The van der Waals surface area contributed by atoms with Crippen molar-refractivity contribution in [1.29, 1.82) is 0 Å². The standard InChI is InChI=1S/C13H13N3O3S2/c17-12(15-10-3-1-5-20-10)14-7-9-8-16(13(18)19-9)11-4-2-6-21-11/h1-6,9H,7-8H2,(H2,14,15,17). The van der Waals surface area contributed by atoms with E-state index in [-0.39, 0.29) is 24.8 Å². The lowest BCUT2D eigenvalue weighted by Crippen LogP contribution is -2.36. The van der Waals surface area contributed by atoms with E-state index in [0.717, 1.165) is 10.0 Å². The molecule has 6 nitrogen and oxygen atoms in total. The number of urea groups is 1. The molecule has 3 rings (SSSR count). The van der Waals surface area contributed by atoms with E-state index in [9.17, 15) is 9.59 Å². The summed E-state index contributed by atoms with van der Waals surface area (Å²) in [7, 11) is 0.